The van der Waals surface area contributed by atoms with E-state index in [1.165, 1.54) is 141 Å². The number of aliphatic hydroxyl groups excluding tert-OH is 1. The first-order valence-corrected chi connectivity index (χ1v) is 38.3. The monoisotopic (exact) mass is 1280 g/mol. The minimum atomic E-state index is -4.95. The lowest BCUT2D eigenvalue weighted by atomic mass is 10.0. The van der Waals surface area contributed by atoms with Gasteiger partial charge in [-0.1, -0.05) is 286 Å². The Bertz CT molecular complexity index is 1720. The van der Waals surface area contributed by atoms with E-state index >= 15 is 0 Å². The molecule has 5 atom stereocenters. The third-order valence-corrected chi connectivity index (χ3v) is 17.5. The molecule has 0 aliphatic heterocycles. The predicted octanol–water partition coefficient (Wildman–Crippen LogP) is 19.1. The van der Waals surface area contributed by atoms with Crippen LogP contribution in [0.25, 0.3) is 0 Å². The molecule has 516 valence electrons. The van der Waals surface area contributed by atoms with Crippen molar-refractivity contribution < 1.29 is 80.2 Å². The molecule has 19 heteroatoms. The van der Waals surface area contributed by atoms with Gasteiger partial charge in [-0.3, -0.25) is 37.3 Å². The Morgan fingerprint density at radius 1 is 0.310 bits per heavy atom. The highest BCUT2D eigenvalue weighted by Gasteiger charge is 2.30. The maximum absolute atomic E-state index is 13.0. The maximum atomic E-state index is 13.0. The van der Waals surface area contributed by atoms with E-state index in [1.54, 1.807) is 0 Å². The lowest BCUT2D eigenvalue weighted by Gasteiger charge is -2.21. The highest BCUT2D eigenvalue weighted by Crippen LogP contribution is 2.45. The third-order valence-electron chi connectivity index (χ3n) is 15.6. The number of hydrogen-bond acceptors (Lipinski definition) is 15. The first-order valence-electron chi connectivity index (χ1n) is 35.3. The average Bonchev–Trinajstić information content (AvgIpc) is 3.67. The Morgan fingerprint density at radius 2 is 0.529 bits per heavy atom. The molecule has 0 heterocycles. The van der Waals surface area contributed by atoms with Crippen molar-refractivity contribution in [3.8, 4) is 0 Å². The first kappa shape index (κ1) is 85.1. The molecule has 0 radical (unpaired) electrons. The molecule has 2 unspecified atom stereocenters. The molecule has 0 aliphatic rings. The lowest BCUT2D eigenvalue weighted by molar-refractivity contribution is -0.161. The van der Waals surface area contributed by atoms with Crippen LogP contribution in [0.15, 0.2) is 0 Å². The Kier molecular flexibility index (Phi) is 57.8. The van der Waals surface area contributed by atoms with E-state index in [4.69, 9.17) is 37.0 Å². The van der Waals surface area contributed by atoms with Crippen molar-refractivity contribution in [1.82, 2.24) is 0 Å². The number of carbonyl (C=O) groups excluding carboxylic acids is 4. The molecule has 87 heavy (non-hydrogen) atoms. The van der Waals surface area contributed by atoms with Crippen molar-refractivity contribution in [2.45, 2.75) is 356 Å². The van der Waals surface area contributed by atoms with Gasteiger partial charge in [0.1, 0.15) is 19.3 Å². The topological polar surface area (TPSA) is 237 Å². The molecule has 0 spiro atoms. The largest absolute Gasteiger partial charge is 0.472 e. The van der Waals surface area contributed by atoms with Gasteiger partial charge in [0.25, 0.3) is 0 Å². The third kappa shape index (κ3) is 62.6. The number of rotatable bonds is 66. The van der Waals surface area contributed by atoms with E-state index in [9.17, 15) is 43.2 Å². The van der Waals surface area contributed by atoms with Gasteiger partial charge in [-0.05, 0) is 43.4 Å². The summed E-state index contributed by atoms with van der Waals surface area (Å²) in [5, 5.41) is 10.6. The number of ether oxygens (including phenoxy) is 4. The summed E-state index contributed by atoms with van der Waals surface area (Å²) >= 11 is 0. The molecule has 0 fully saturated rings. The molecule has 0 bridgehead atoms. The van der Waals surface area contributed by atoms with Gasteiger partial charge in [0.05, 0.1) is 26.4 Å². The Morgan fingerprint density at radius 3 is 0.782 bits per heavy atom. The van der Waals surface area contributed by atoms with Crippen LogP contribution in [0.2, 0.25) is 0 Å². The van der Waals surface area contributed by atoms with Gasteiger partial charge in [0.15, 0.2) is 12.2 Å². The molecule has 0 aromatic rings. The molecule has 0 saturated carbocycles. The minimum absolute atomic E-state index is 0.103. The van der Waals surface area contributed by atoms with Gasteiger partial charge >= 0.3 is 39.5 Å². The van der Waals surface area contributed by atoms with Crippen LogP contribution in [-0.2, 0) is 65.4 Å². The van der Waals surface area contributed by atoms with E-state index in [0.29, 0.717) is 31.6 Å². The standard InChI is InChI=1S/C68H132O17P2/c1-8-9-10-11-12-13-14-15-16-17-20-29-37-44-51-67(72)84-63(55-78-65(70)49-42-35-28-21-18-19-25-32-39-46-59(2)3)57-82-86(74,75)80-53-62(69)54-81-87(76,77)83-58-64(56-79-66(71)50-43-36-31-24-27-34-41-48-61(6)7)85-68(73)52-45-38-30-23-22-26-33-40-47-60(4)5/h59-64,69H,8-58H2,1-7H3,(H,74,75)(H,76,77)/t62-,63-,64-/m1/s1. The second-order valence-electron chi connectivity index (χ2n) is 26.0. The van der Waals surface area contributed by atoms with Crippen LogP contribution in [0.4, 0.5) is 0 Å². The summed E-state index contributed by atoms with van der Waals surface area (Å²) in [5.41, 5.74) is 0. The highest BCUT2D eigenvalue weighted by atomic mass is 31.2. The Labute approximate surface area is 530 Å². The van der Waals surface area contributed by atoms with Gasteiger partial charge < -0.3 is 33.8 Å². The fourth-order valence-corrected chi connectivity index (χ4v) is 11.8. The van der Waals surface area contributed by atoms with E-state index < -0.39 is 97.5 Å². The maximum Gasteiger partial charge on any atom is 0.472 e. The van der Waals surface area contributed by atoms with Gasteiger partial charge in [0, 0.05) is 25.7 Å². The smallest absolute Gasteiger partial charge is 0.462 e. The van der Waals surface area contributed by atoms with Crippen LogP contribution >= 0.6 is 15.6 Å². The van der Waals surface area contributed by atoms with Crippen molar-refractivity contribution in [3.05, 3.63) is 0 Å². The zero-order valence-corrected chi connectivity index (χ0v) is 58.3. The number of phosphoric ester groups is 2. The summed E-state index contributed by atoms with van der Waals surface area (Å²) in [7, 11) is -9.90. The zero-order chi connectivity index (χ0) is 64.5. The molecular weight excluding hydrogens is 1150 g/mol. The molecular formula is C68H132O17P2. The molecule has 0 saturated heterocycles. The summed E-state index contributed by atoms with van der Waals surface area (Å²) in [6, 6.07) is 0. The van der Waals surface area contributed by atoms with Gasteiger partial charge in [-0.25, -0.2) is 9.13 Å². The molecule has 0 aromatic heterocycles. The van der Waals surface area contributed by atoms with Crippen LogP contribution in [-0.4, -0.2) is 96.7 Å². The zero-order valence-electron chi connectivity index (χ0n) is 56.5. The summed E-state index contributed by atoms with van der Waals surface area (Å²) in [6.45, 7) is 11.7. The Hall–Kier alpha value is -1.94. The number of unbranched alkanes of at least 4 members (excludes halogenated alkanes) is 34. The van der Waals surface area contributed by atoms with E-state index in [-0.39, 0.29) is 25.7 Å². The second-order valence-corrected chi connectivity index (χ2v) is 28.9. The van der Waals surface area contributed by atoms with Crippen molar-refractivity contribution in [2.75, 3.05) is 39.6 Å². The van der Waals surface area contributed by atoms with Gasteiger partial charge in [-0.15, -0.1) is 0 Å². The number of esters is 4. The quantitative estimate of drug-likeness (QED) is 0.0222. The van der Waals surface area contributed by atoms with Crippen molar-refractivity contribution in [2.24, 2.45) is 17.8 Å². The van der Waals surface area contributed by atoms with Gasteiger partial charge in [-0.2, -0.15) is 0 Å². The summed E-state index contributed by atoms with van der Waals surface area (Å²) in [5.74, 6) is 0.0365. The summed E-state index contributed by atoms with van der Waals surface area (Å²) < 4.78 is 68.2. The SMILES string of the molecule is CCCCCCCCCCCCCCCCC(=O)O[C@H](COC(=O)CCCCCCCCCCCC(C)C)COP(=O)(O)OC[C@@H](O)COP(=O)(O)OC[C@@H](COC(=O)CCCCCCCCCC(C)C)OC(=O)CCCCCCCCCCC(C)C. The van der Waals surface area contributed by atoms with Crippen LogP contribution < -0.4 is 0 Å². The summed E-state index contributed by atoms with van der Waals surface area (Å²) in [6.07, 6.45) is 41.8. The molecule has 0 rings (SSSR count). The van der Waals surface area contributed by atoms with Crippen molar-refractivity contribution in [3.63, 3.8) is 0 Å². The molecule has 3 N–H and O–H groups in total. The summed E-state index contributed by atoms with van der Waals surface area (Å²) in [4.78, 5) is 72.4. The van der Waals surface area contributed by atoms with Crippen LogP contribution in [0.1, 0.15) is 337 Å². The van der Waals surface area contributed by atoms with Crippen LogP contribution in [0.5, 0.6) is 0 Å². The number of hydrogen-bond donors (Lipinski definition) is 3. The lowest BCUT2D eigenvalue weighted by Crippen LogP contribution is -2.30. The first-order chi connectivity index (χ1) is 41.7. The Balaban J connectivity index is 5.25. The fraction of sp³-hybridized carbons (Fsp3) is 0.941. The van der Waals surface area contributed by atoms with Crippen LogP contribution in [0, 0.1) is 17.8 Å². The predicted molar refractivity (Wildman–Crippen MR) is 349 cm³/mol. The van der Waals surface area contributed by atoms with Crippen LogP contribution in [0.3, 0.4) is 0 Å². The van der Waals surface area contributed by atoms with Crippen molar-refractivity contribution >= 4 is 39.5 Å². The molecule has 0 amide bonds. The van der Waals surface area contributed by atoms with E-state index in [1.807, 2.05) is 0 Å². The van der Waals surface area contributed by atoms with E-state index in [2.05, 4.69) is 48.5 Å². The van der Waals surface area contributed by atoms with Gasteiger partial charge in [0.2, 0.25) is 0 Å². The number of aliphatic hydroxyl groups is 1. The normalized spacial score (nSPS) is 14.3. The molecule has 0 aromatic carbocycles. The fourth-order valence-electron chi connectivity index (χ4n) is 10.2. The number of carbonyl (C=O) groups is 4. The molecule has 17 nitrogen and oxygen atoms in total. The second kappa shape index (κ2) is 59.1. The highest BCUT2D eigenvalue weighted by molar-refractivity contribution is 7.47. The minimum Gasteiger partial charge on any atom is -0.462 e. The number of phosphoric acid groups is 2. The average molecular weight is 1280 g/mol. The van der Waals surface area contributed by atoms with E-state index in [0.717, 1.165) is 108 Å². The van der Waals surface area contributed by atoms with Crippen molar-refractivity contribution in [1.29, 1.82) is 0 Å². The molecule has 0 aliphatic carbocycles.